The van der Waals surface area contributed by atoms with Crippen LogP contribution in [-0.2, 0) is 0 Å². The van der Waals surface area contributed by atoms with E-state index >= 15 is 0 Å². The standard InChI is InChI=1S/C66H46N2/c1-3-19-47(20-4-1)48-35-37-52(38-36-48)56-24-11-15-31-63(56)67(64-32-16-12-28-60(64)59-27-10-9-26-58(59)57-25-8-7-23-55(57)51-21-5-2-6-22-51)53-43-39-49(40-44-53)50-41-45-54(46-42-50)68-65-33-17-13-29-61(65)62-30-14-18-34-66(62)68/h1-46H. The van der Waals surface area contributed by atoms with Crippen LogP contribution in [0.5, 0.6) is 0 Å². The highest BCUT2D eigenvalue weighted by molar-refractivity contribution is 6.09. The Morgan fingerprint density at radius 3 is 1.13 bits per heavy atom. The molecule has 1 heterocycles. The molecule has 1 aromatic heterocycles. The van der Waals surface area contributed by atoms with E-state index in [2.05, 4.69) is 289 Å². The second-order valence-corrected chi connectivity index (χ2v) is 17.2. The SMILES string of the molecule is c1ccc(-c2ccc(-c3ccccc3N(c3ccc(-c4ccc(-n5c6ccccc6c6ccccc65)cc4)cc3)c3ccccc3-c3ccccc3-c3ccccc3-c3ccccc3)cc2)cc1. The van der Waals surface area contributed by atoms with Gasteiger partial charge in [0.05, 0.1) is 22.4 Å². The van der Waals surface area contributed by atoms with Gasteiger partial charge in [0.2, 0.25) is 0 Å². The van der Waals surface area contributed by atoms with Crippen LogP contribution in [0.2, 0.25) is 0 Å². The summed E-state index contributed by atoms with van der Waals surface area (Å²) in [5.41, 5.74) is 20.9. The molecule has 0 unspecified atom stereocenters. The van der Waals surface area contributed by atoms with Gasteiger partial charge < -0.3 is 9.47 Å². The molecule has 11 aromatic carbocycles. The minimum Gasteiger partial charge on any atom is -0.309 e. The lowest BCUT2D eigenvalue weighted by Crippen LogP contribution is -2.12. The van der Waals surface area contributed by atoms with Crippen molar-refractivity contribution < 1.29 is 0 Å². The maximum atomic E-state index is 2.45. The third kappa shape index (κ3) is 7.45. The molecule has 0 atom stereocenters. The van der Waals surface area contributed by atoms with Crippen LogP contribution in [0.1, 0.15) is 0 Å². The molecule has 0 aliphatic carbocycles. The maximum Gasteiger partial charge on any atom is 0.0541 e. The van der Waals surface area contributed by atoms with Crippen molar-refractivity contribution in [3.63, 3.8) is 0 Å². The molecule has 12 rings (SSSR count). The molecule has 0 amide bonds. The summed E-state index contributed by atoms with van der Waals surface area (Å²) >= 11 is 0. The number of benzene rings is 11. The number of fused-ring (bicyclic) bond motifs is 3. The monoisotopic (exact) mass is 866 g/mol. The average Bonchev–Trinajstić information content (AvgIpc) is 3.76. The Hall–Kier alpha value is -8.98. The second-order valence-electron chi connectivity index (χ2n) is 17.2. The van der Waals surface area contributed by atoms with Gasteiger partial charge in [-0.1, -0.05) is 231 Å². The number of hydrogen-bond acceptors (Lipinski definition) is 1. The predicted octanol–water partition coefficient (Wildman–Crippen LogP) is 18.3. The molecular weight excluding hydrogens is 821 g/mol. The van der Waals surface area contributed by atoms with E-state index < -0.39 is 0 Å². The van der Waals surface area contributed by atoms with Gasteiger partial charge in [-0.2, -0.15) is 0 Å². The molecule has 0 saturated heterocycles. The zero-order valence-electron chi connectivity index (χ0n) is 37.5. The first-order chi connectivity index (χ1) is 33.8. The Morgan fingerprint density at radius 1 is 0.221 bits per heavy atom. The minimum atomic E-state index is 1.07. The van der Waals surface area contributed by atoms with E-state index in [-0.39, 0.29) is 0 Å². The average molecular weight is 867 g/mol. The Balaban J connectivity index is 0.982. The molecular formula is C66H46N2. The molecule has 0 aliphatic heterocycles. The fraction of sp³-hybridized carbons (Fsp3) is 0. The van der Waals surface area contributed by atoms with Crippen LogP contribution in [0.4, 0.5) is 17.1 Å². The van der Waals surface area contributed by atoms with E-state index in [1.54, 1.807) is 0 Å². The van der Waals surface area contributed by atoms with Crippen LogP contribution in [0.25, 0.3) is 94.3 Å². The fourth-order valence-corrected chi connectivity index (χ4v) is 10.0. The lowest BCUT2D eigenvalue weighted by Gasteiger charge is -2.30. The van der Waals surface area contributed by atoms with Crippen LogP contribution >= 0.6 is 0 Å². The van der Waals surface area contributed by atoms with Crippen molar-refractivity contribution in [3.05, 3.63) is 279 Å². The maximum absolute atomic E-state index is 2.45. The number of hydrogen-bond donors (Lipinski definition) is 0. The summed E-state index contributed by atoms with van der Waals surface area (Å²) in [5.74, 6) is 0. The molecule has 0 saturated carbocycles. The Kier molecular flexibility index (Phi) is 10.6. The van der Waals surface area contributed by atoms with E-state index in [1.807, 2.05) is 0 Å². The number of nitrogens with zero attached hydrogens (tertiary/aromatic N) is 2. The normalized spacial score (nSPS) is 11.2. The van der Waals surface area contributed by atoms with E-state index in [0.717, 1.165) is 50.6 Å². The van der Waals surface area contributed by atoms with E-state index in [4.69, 9.17) is 0 Å². The first-order valence-corrected chi connectivity index (χ1v) is 23.3. The third-order valence-corrected chi connectivity index (χ3v) is 13.3. The highest BCUT2D eigenvalue weighted by Gasteiger charge is 2.23. The van der Waals surface area contributed by atoms with Crippen molar-refractivity contribution in [2.24, 2.45) is 0 Å². The van der Waals surface area contributed by atoms with Crippen LogP contribution in [-0.4, -0.2) is 4.57 Å². The smallest absolute Gasteiger partial charge is 0.0541 e. The van der Waals surface area contributed by atoms with Crippen LogP contribution in [0.3, 0.4) is 0 Å². The summed E-state index contributed by atoms with van der Waals surface area (Å²) in [6.07, 6.45) is 0. The molecule has 2 heteroatoms. The largest absolute Gasteiger partial charge is 0.309 e. The van der Waals surface area contributed by atoms with Gasteiger partial charge in [-0.05, 0) is 104 Å². The molecule has 0 radical (unpaired) electrons. The topological polar surface area (TPSA) is 8.17 Å². The second kappa shape index (κ2) is 17.8. The van der Waals surface area contributed by atoms with Gasteiger partial charge in [0.15, 0.2) is 0 Å². The van der Waals surface area contributed by atoms with Crippen molar-refractivity contribution in [1.82, 2.24) is 4.57 Å². The molecule has 0 bridgehead atoms. The first kappa shape index (κ1) is 40.5. The highest BCUT2D eigenvalue weighted by atomic mass is 15.1. The van der Waals surface area contributed by atoms with Crippen LogP contribution in [0, 0.1) is 0 Å². The third-order valence-electron chi connectivity index (χ3n) is 13.3. The summed E-state index contributed by atoms with van der Waals surface area (Å²) < 4.78 is 2.37. The molecule has 12 aromatic rings. The lowest BCUT2D eigenvalue weighted by molar-refractivity contribution is 1.18. The molecule has 0 spiro atoms. The summed E-state index contributed by atoms with van der Waals surface area (Å²) in [5, 5.41) is 2.53. The lowest BCUT2D eigenvalue weighted by atomic mass is 9.88. The molecule has 0 fully saturated rings. The van der Waals surface area contributed by atoms with Crippen molar-refractivity contribution >= 4 is 38.9 Å². The zero-order valence-corrected chi connectivity index (χ0v) is 37.5. The molecule has 2 nitrogen and oxygen atoms in total. The fourth-order valence-electron chi connectivity index (χ4n) is 10.0. The van der Waals surface area contributed by atoms with E-state index in [0.29, 0.717) is 0 Å². The Morgan fingerprint density at radius 2 is 0.559 bits per heavy atom. The van der Waals surface area contributed by atoms with Crippen molar-refractivity contribution in [2.45, 2.75) is 0 Å². The van der Waals surface area contributed by atoms with Gasteiger partial charge in [0.25, 0.3) is 0 Å². The van der Waals surface area contributed by atoms with Gasteiger partial charge >= 0.3 is 0 Å². The summed E-state index contributed by atoms with van der Waals surface area (Å²) in [6.45, 7) is 0. The molecule has 320 valence electrons. The van der Waals surface area contributed by atoms with Gasteiger partial charge in [-0.25, -0.2) is 0 Å². The van der Waals surface area contributed by atoms with Crippen molar-refractivity contribution in [2.75, 3.05) is 4.90 Å². The highest BCUT2D eigenvalue weighted by Crippen LogP contribution is 2.48. The van der Waals surface area contributed by atoms with E-state index in [9.17, 15) is 0 Å². The molecule has 0 aliphatic rings. The van der Waals surface area contributed by atoms with Gasteiger partial charge in [0, 0.05) is 33.3 Å². The Labute approximate surface area is 397 Å². The quantitative estimate of drug-likeness (QED) is 0.133. The van der Waals surface area contributed by atoms with Gasteiger partial charge in [-0.15, -0.1) is 0 Å². The predicted molar refractivity (Wildman–Crippen MR) is 288 cm³/mol. The van der Waals surface area contributed by atoms with Crippen LogP contribution in [0.15, 0.2) is 279 Å². The number of aromatic nitrogens is 1. The number of anilines is 3. The number of rotatable bonds is 10. The first-order valence-electron chi connectivity index (χ1n) is 23.3. The molecule has 68 heavy (non-hydrogen) atoms. The van der Waals surface area contributed by atoms with E-state index in [1.165, 1.54) is 60.8 Å². The van der Waals surface area contributed by atoms with Crippen LogP contribution < -0.4 is 4.90 Å². The van der Waals surface area contributed by atoms with Crippen molar-refractivity contribution in [3.8, 4) is 72.4 Å². The summed E-state index contributed by atoms with van der Waals surface area (Å²) in [6, 6.07) is 101. The van der Waals surface area contributed by atoms with Gasteiger partial charge in [-0.3, -0.25) is 0 Å². The molecule has 0 N–H and O–H groups in total. The van der Waals surface area contributed by atoms with Gasteiger partial charge in [0.1, 0.15) is 0 Å². The number of para-hydroxylation sites is 4. The zero-order chi connectivity index (χ0) is 45.2. The van der Waals surface area contributed by atoms with Crippen molar-refractivity contribution in [1.29, 1.82) is 0 Å². The minimum absolute atomic E-state index is 1.07. The summed E-state index contributed by atoms with van der Waals surface area (Å²) in [7, 11) is 0. The summed E-state index contributed by atoms with van der Waals surface area (Å²) in [4.78, 5) is 2.45. The Bertz CT molecular complexity index is 3650.